The first-order chi connectivity index (χ1) is 13.7. The summed E-state index contributed by atoms with van der Waals surface area (Å²) in [4.78, 5) is 7.76. The highest BCUT2D eigenvalue weighted by atomic mass is 16.5. The lowest BCUT2D eigenvalue weighted by atomic mass is 9.99. The number of H-pyrrole nitrogens is 1. The van der Waals surface area contributed by atoms with Crippen molar-refractivity contribution < 1.29 is 4.52 Å². The van der Waals surface area contributed by atoms with Crippen LogP contribution in [0.15, 0.2) is 39.8 Å². The van der Waals surface area contributed by atoms with Crippen molar-refractivity contribution >= 4 is 16.9 Å². The number of aliphatic imine (C=N–C) groups is 1. The topological polar surface area (TPSA) is 78.2 Å². The van der Waals surface area contributed by atoms with Crippen LogP contribution in [0.1, 0.15) is 55.3 Å². The number of fused-ring (bicyclic) bond motifs is 1. The Bertz CT molecular complexity index is 920. The van der Waals surface area contributed by atoms with E-state index in [-0.39, 0.29) is 0 Å². The number of aromatic amines is 1. The molecule has 0 aliphatic heterocycles. The number of para-hydroxylation sites is 1. The average Bonchev–Trinajstić information content (AvgIpc) is 3.30. The third-order valence-electron chi connectivity index (χ3n) is 5.33. The van der Waals surface area contributed by atoms with Crippen LogP contribution in [0.4, 0.5) is 0 Å². The van der Waals surface area contributed by atoms with Gasteiger partial charge in [-0.1, -0.05) is 37.2 Å². The maximum atomic E-state index is 5.47. The molecular formula is C22H31N5O. The molecule has 0 saturated carbocycles. The molecule has 0 aliphatic rings. The molecule has 0 fully saturated rings. The van der Waals surface area contributed by atoms with Gasteiger partial charge in [0.15, 0.2) is 11.7 Å². The quantitative estimate of drug-likeness (QED) is 0.402. The molecular weight excluding hydrogens is 350 g/mol. The Morgan fingerprint density at radius 1 is 1.21 bits per heavy atom. The third kappa shape index (κ3) is 4.55. The Hall–Kier alpha value is -2.76. The Kier molecular flexibility index (Phi) is 6.74. The van der Waals surface area contributed by atoms with Gasteiger partial charge in [0.2, 0.25) is 0 Å². The van der Waals surface area contributed by atoms with Crippen LogP contribution in [0.2, 0.25) is 0 Å². The van der Waals surface area contributed by atoms with E-state index in [4.69, 9.17) is 4.52 Å². The average molecular weight is 382 g/mol. The smallest absolute Gasteiger partial charge is 0.191 e. The molecule has 0 spiro atoms. The molecule has 0 aliphatic carbocycles. The second kappa shape index (κ2) is 9.44. The van der Waals surface area contributed by atoms with E-state index in [0.29, 0.717) is 12.5 Å². The van der Waals surface area contributed by atoms with Crippen LogP contribution in [-0.2, 0) is 13.0 Å². The molecule has 150 valence electrons. The van der Waals surface area contributed by atoms with E-state index < -0.39 is 0 Å². The van der Waals surface area contributed by atoms with Crippen LogP contribution in [0.5, 0.6) is 0 Å². The van der Waals surface area contributed by atoms with Gasteiger partial charge in [0.1, 0.15) is 0 Å². The summed E-state index contributed by atoms with van der Waals surface area (Å²) in [6, 6.07) is 10.5. The molecule has 3 aromatic rings. The fourth-order valence-electron chi connectivity index (χ4n) is 3.67. The van der Waals surface area contributed by atoms with E-state index in [1.54, 1.807) is 7.05 Å². The van der Waals surface area contributed by atoms with Crippen molar-refractivity contribution in [3.63, 3.8) is 0 Å². The Balaban J connectivity index is 1.52. The van der Waals surface area contributed by atoms with Crippen LogP contribution >= 0.6 is 0 Å². The van der Waals surface area contributed by atoms with Crippen molar-refractivity contribution in [2.45, 2.75) is 52.5 Å². The summed E-state index contributed by atoms with van der Waals surface area (Å²) in [6.07, 6.45) is 3.08. The molecule has 0 bridgehead atoms. The minimum atomic E-state index is 0.467. The summed E-state index contributed by atoms with van der Waals surface area (Å²) in [5, 5.41) is 12.2. The van der Waals surface area contributed by atoms with Gasteiger partial charge in [-0.3, -0.25) is 4.99 Å². The minimum absolute atomic E-state index is 0.467. The molecule has 6 nitrogen and oxygen atoms in total. The van der Waals surface area contributed by atoms with Crippen molar-refractivity contribution in [2.75, 3.05) is 13.6 Å². The van der Waals surface area contributed by atoms with Gasteiger partial charge >= 0.3 is 0 Å². The normalized spacial score (nSPS) is 12.1. The highest BCUT2D eigenvalue weighted by Crippen LogP contribution is 2.23. The number of aromatic nitrogens is 2. The molecule has 3 rings (SSSR count). The minimum Gasteiger partial charge on any atom is -0.359 e. The van der Waals surface area contributed by atoms with E-state index in [0.717, 1.165) is 43.2 Å². The van der Waals surface area contributed by atoms with Gasteiger partial charge in [-0.2, -0.15) is 0 Å². The zero-order chi connectivity index (χ0) is 19.9. The van der Waals surface area contributed by atoms with Gasteiger partial charge in [-0.05, 0) is 37.8 Å². The molecule has 6 heteroatoms. The van der Waals surface area contributed by atoms with Gasteiger partial charge in [0, 0.05) is 42.2 Å². The Morgan fingerprint density at radius 3 is 2.75 bits per heavy atom. The highest BCUT2D eigenvalue weighted by Gasteiger charge is 2.13. The zero-order valence-electron chi connectivity index (χ0n) is 17.3. The van der Waals surface area contributed by atoms with Crippen molar-refractivity contribution in [1.29, 1.82) is 0 Å². The third-order valence-corrected chi connectivity index (χ3v) is 5.33. The summed E-state index contributed by atoms with van der Waals surface area (Å²) in [5.41, 5.74) is 4.81. The molecule has 0 unspecified atom stereocenters. The fraction of sp³-hybridized carbons (Fsp3) is 0.455. The summed E-state index contributed by atoms with van der Waals surface area (Å²) in [5.74, 6) is 2.06. The number of nitrogens with one attached hydrogen (secondary N) is 3. The maximum Gasteiger partial charge on any atom is 0.191 e. The van der Waals surface area contributed by atoms with Crippen LogP contribution in [-0.4, -0.2) is 29.7 Å². The van der Waals surface area contributed by atoms with E-state index >= 15 is 0 Å². The van der Waals surface area contributed by atoms with Crippen molar-refractivity contribution in [1.82, 2.24) is 20.8 Å². The summed E-state index contributed by atoms with van der Waals surface area (Å²) in [7, 11) is 1.78. The molecule has 1 aromatic carbocycles. The molecule has 0 atom stereocenters. The van der Waals surface area contributed by atoms with Crippen molar-refractivity contribution in [3.8, 4) is 0 Å². The fourth-order valence-corrected chi connectivity index (χ4v) is 3.67. The van der Waals surface area contributed by atoms with Crippen LogP contribution in [0.3, 0.4) is 0 Å². The first-order valence-electron chi connectivity index (χ1n) is 10.1. The zero-order valence-corrected chi connectivity index (χ0v) is 17.3. The van der Waals surface area contributed by atoms with Crippen molar-refractivity contribution in [2.24, 2.45) is 4.99 Å². The first-order valence-corrected chi connectivity index (χ1v) is 10.1. The van der Waals surface area contributed by atoms with Gasteiger partial charge < -0.3 is 20.1 Å². The first kappa shape index (κ1) is 20.0. The van der Waals surface area contributed by atoms with Crippen LogP contribution in [0, 0.1) is 6.92 Å². The molecule has 2 aromatic heterocycles. The van der Waals surface area contributed by atoms with Gasteiger partial charge in [0.05, 0.1) is 12.2 Å². The van der Waals surface area contributed by atoms with Gasteiger partial charge in [0.25, 0.3) is 0 Å². The molecule has 0 amide bonds. The molecule has 28 heavy (non-hydrogen) atoms. The largest absolute Gasteiger partial charge is 0.359 e. The van der Waals surface area contributed by atoms with Crippen LogP contribution in [0.25, 0.3) is 10.9 Å². The van der Waals surface area contributed by atoms with E-state index in [1.165, 1.54) is 22.2 Å². The molecule has 0 saturated heterocycles. The number of guanidine groups is 1. The second-order valence-electron chi connectivity index (χ2n) is 7.11. The molecule has 0 radical (unpaired) electrons. The predicted molar refractivity (Wildman–Crippen MR) is 115 cm³/mol. The van der Waals surface area contributed by atoms with Gasteiger partial charge in [-0.15, -0.1) is 0 Å². The lowest BCUT2D eigenvalue weighted by Gasteiger charge is -2.11. The highest BCUT2D eigenvalue weighted by molar-refractivity contribution is 5.84. The SMILES string of the molecule is CCC(CC)c1cc(CNC(=NC)NCCc2c(C)[nH]c3ccccc23)on1. The van der Waals surface area contributed by atoms with E-state index in [9.17, 15) is 0 Å². The lowest BCUT2D eigenvalue weighted by molar-refractivity contribution is 0.368. The number of nitrogens with zero attached hydrogens (tertiary/aromatic N) is 2. The number of aryl methyl sites for hydroxylation is 1. The van der Waals surface area contributed by atoms with Crippen LogP contribution < -0.4 is 10.6 Å². The Labute approximate surface area is 166 Å². The summed E-state index contributed by atoms with van der Waals surface area (Å²) >= 11 is 0. The van der Waals surface area contributed by atoms with Gasteiger partial charge in [-0.25, -0.2) is 0 Å². The second-order valence-corrected chi connectivity index (χ2v) is 7.11. The standard InChI is InChI=1S/C22H31N5O/c1-5-16(6-2)21-13-17(28-27-21)14-25-22(23-4)24-12-11-18-15(3)26-20-10-8-7-9-19(18)20/h7-10,13,16,26H,5-6,11-12,14H2,1-4H3,(H2,23,24,25). The number of hydrogen-bond acceptors (Lipinski definition) is 3. The molecule has 2 heterocycles. The summed E-state index contributed by atoms with van der Waals surface area (Å²) in [6.45, 7) is 7.87. The predicted octanol–water partition coefficient (Wildman–Crippen LogP) is 4.28. The lowest BCUT2D eigenvalue weighted by Crippen LogP contribution is -2.37. The Morgan fingerprint density at radius 2 is 2.00 bits per heavy atom. The number of benzene rings is 1. The monoisotopic (exact) mass is 381 g/mol. The van der Waals surface area contributed by atoms with Crippen molar-refractivity contribution in [3.05, 3.63) is 53.0 Å². The summed E-state index contributed by atoms with van der Waals surface area (Å²) < 4.78 is 5.47. The molecule has 3 N–H and O–H groups in total. The number of hydrogen-bond donors (Lipinski definition) is 3. The van der Waals surface area contributed by atoms with E-state index in [2.05, 4.69) is 70.8 Å². The van der Waals surface area contributed by atoms with E-state index in [1.807, 2.05) is 6.07 Å². The maximum absolute atomic E-state index is 5.47. The number of rotatable bonds is 8.